The fraction of sp³-hybridized carbons (Fsp3) is 0.317. The Morgan fingerprint density at radius 3 is 2.35 bits per heavy atom. The summed E-state index contributed by atoms with van der Waals surface area (Å²) < 4.78 is 187. The molecule has 2 N–H and O–H groups in total. The molecule has 4 aromatic heterocycles. The predicted octanol–water partition coefficient (Wildman–Crippen LogP) is 7.86. The molecule has 358 valence electrons. The molecule has 1 fully saturated rings. The van der Waals surface area contributed by atoms with Crippen LogP contribution < -0.4 is 15.6 Å². The fourth-order valence-corrected chi connectivity index (χ4v) is 9.38. The molecule has 14 nitrogen and oxygen atoms in total. The molecule has 0 unspecified atom stereocenters. The van der Waals surface area contributed by atoms with Crippen LogP contribution in [0.4, 0.5) is 54.1 Å². The highest BCUT2D eigenvalue weighted by atomic mass is 35.5. The Hall–Kier alpha value is -6.57. The number of aromatic nitrogens is 8. The third-order valence-corrected chi connectivity index (χ3v) is 12.3. The highest BCUT2D eigenvalue weighted by Crippen LogP contribution is 2.68. The van der Waals surface area contributed by atoms with E-state index in [2.05, 4.69) is 30.3 Å². The lowest BCUT2D eigenvalue weighted by Crippen LogP contribution is -2.38. The number of amides is 1. The van der Waals surface area contributed by atoms with Gasteiger partial charge in [-0.3, -0.25) is 32.9 Å². The maximum atomic E-state index is 15.5. The van der Waals surface area contributed by atoms with E-state index < -0.39 is 118 Å². The molecule has 1 saturated carbocycles. The maximum Gasteiger partial charge on any atom is 0.435 e. The van der Waals surface area contributed by atoms with Crippen LogP contribution in [0.1, 0.15) is 46.7 Å². The average molecular weight is 1000 g/mol. The minimum Gasteiger partial charge on any atom is -0.344 e. The fourth-order valence-electron chi connectivity index (χ4n) is 8.64. The normalized spacial score (nSPS) is 17.2. The highest BCUT2D eigenvalue weighted by Gasteiger charge is 2.68. The summed E-state index contributed by atoms with van der Waals surface area (Å²) in [6.07, 6.45) is -8.28. The predicted molar refractivity (Wildman–Crippen MR) is 220 cm³/mol. The summed E-state index contributed by atoms with van der Waals surface area (Å²) in [5, 5.41) is 13.7. The van der Waals surface area contributed by atoms with Crippen LogP contribution in [0.2, 0.25) is 5.02 Å². The number of alkyl halides is 9. The van der Waals surface area contributed by atoms with Gasteiger partial charge in [0.05, 0.1) is 50.5 Å². The van der Waals surface area contributed by atoms with Crippen molar-refractivity contribution < 1.29 is 61.5 Å². The number of sulfonamides is 1. The molecule has 0 saturated heterocycles. The lowest BCUT2D eigenvalue weighted by molar-refractivity contribution is -0.142. The number of benzene rings is 3. The topological polar surface area (TPSA) is 164 Å². The number of nitrogens with zero attached hydrogens (tertiary/aromatic N) is 8. The Bertz CT molecular complexity index is 3390. The van der Waals surface area contributed by atoms with Crippen molar-refractivity contribution in [2.45, 2.75) is 62.3 Å². The number of halogens is 12. The van der Waals surface area contributed by atoms with Crippen molar-refractivity contribution in [2.75, 3.05) is 11.0 Å². The van der Waals surface area contributed by atoms with Crippen LogP contribution in [0, 0.1) is 17.6 Å². The molecular weight excluding hydrogens is 973 g/mol. The zero-order valence-electron chi connectivity index (χ0n) is 34.6. The van der Waals surface area contributed by atoms with Crippen LogP contribution in [0.3, 0.4) is 0 Å². The summed E-state index contributed by atoms with van der Waals surface area (Å²) in [5.41, 5.74) is -4.99. The molecule has 1 amide bonds. The van der Waals surface area contributed by atoms with Crippen molar-refractivity contribution in [1.82, 2.24) is 44.2 Å². The molecule has 0 aliphatic heterocycles. The second-order valence-corrected chi connectivity index (χ2v) is 18.5. The standard InChI is InChI=1S/C41H30ClF11N10O4S/c1-60-32-28(6-5-24(42)31(32)35(58-60)59-68(2,66)67)63-36(55-26-12-18(3-4-21(26)37(63)65)25-7-8-61(56-25)16-39(47,48)38(45)46)27(11-17-9-19(43)13-20(44)10-17)54-29(64)15-62-34-30(33(57-62)41(51,52)53)22-14-23(22)40(34,49)50/h3-10,12-13,22-23,27,38H,11,14-16H2,1-2H3,(H,54,64)(H,58,59)/t22-,23+,27-/m0/s1. The Morgan fingerprint density at radius 1 is 0.985 bits per heavy atom. The van der Waals surface area contributed by atoms with Gasteiger partial charge >= 0.3 is 18.5 Å². The summed E-state index contributed by atoms with van der Waals surface area (Å²) in [7, 11) is -2.66. The van der Waals surface area contributed by atoms with Gasteiger partial charge in [0.1, 0.15) is 36.2 Å². The number of nitrogens with one attached hydrogen (secondary N) is 2. The first kappa shape index (κ1) is 46.5. The van der Waals surface area contributed by atoms with Gasteiger partial charge in [-0.25, -0.2) is 31.0 Å². The number of anilines is 1. The van der Waals surface area contributed by atoms with E-state index in [-0.39, 0.29) is 66.3 Å². The molecule has 2 aliphatic carbocycles. The monoisotopic (exact) mass is 1000 g/mol. The van der Waals surface area contributed by atoms with E-state index >= 15 is 13.6 Å². The number of aryl methyl sites for hydroxylation is 1. The van der Waals surface area contributed by atoms with E-state index in [0.717, 1.165) is 33.8 Å². The van der Waals surface area contributed by atoms with Crippen molar-refractivity contribution in [1.29, 1.82) is 0 Å². The Morgan fingerprint density at radius 2 is 1.69 bits per heavy atom. The van der Waals surface area contributed by atoms with E-state index in [4.69, 9.17) is 11.6 Å². The Balaban J connectivity index is 1.24. The van der Waals surface area contributed by atoms with E-state index in [1.807, 2.05) is 0 Å². The second kappa shape index (κ2) is 16.0. The minimum atomic E-state index is -5.19. The number of carbonyl (C=O) groups excluding carboxylic acids is 1. The number of hydrogen-bond acceptors (Lipinski definition) is 8. The van der Waals surface area contributed by atoms with Crippen molar-refractivity contribution in [3.05, 3.63) is 116 Å². The molecule has 9 rings (SSSR count). The smallest absolute Gasteiger partial charge is 0.344 e. The molecule has 0 bridgehead atoms. The number of fused-ring (bicyclic) bond motifs is 5. The van der Waals surface area contributed by atoms with Crippen molar-refractivity contribution in [3.8, 4) is 16.9 Å². The van der Waals surface area contributed by atoms with Gasteiger partial charge in [-0.15, -0.1) is 0 Å². The van der Waals surface area contributed by atoms with Crippen LogP contribution in [-0.2, 0) is 53.5 Å². The summed E-state index contributed by atoms with van der Waals surface area (Å²) in [6.45, 7) is -2.76. The Kier molecular flexibility index (Phi) is 11.0. The van der Waals surface area contributed by atoms with E-state index in [1.165, 1.54) is 43.4 Å². The molecule has 27 heteroatoms. The first-order valence-electron chi connectivity index (χ1n) is 19.9. The third-order valence-electron chi connectivity index (χ3n) is 11.5. The largest absolute Gasteiger partial charge is 0.435 e. The van der Waals surface area contributed by atoms with Gasteiger partial charge < -0.3 is 5.32 Å². The van der Waals surface area contributed by atoms with Crippen molar-refractivity contribution in [2.24, 2.45) is 13.0 Å². The molecular formula is C41H30ClF11N10O4S. The minimum absolute atomic E-state index is 0.0367. The number of rotatable bonds is 13. The number of carbonyl (C=O) groups is 1. The van der Waals surface area contributed by atoms with Gasteiger partial charge in [0.2, 0.25) is 15.9 Å². The first-order valence-corrected chi connectivity index (χ1v) is 22.2. The van der Waals surface area contributed by atoms with Crippen LogP contribution in [0.5, 0.6) is 0 Å². The molecule has 3 atom stereocenters. The molecule has 4 heterocycles. The molecule has 3 aromatic carbocycles. The molecule has 0 radical (unpaired) electrons. The zero-order valence-corrected chi connectivity index (χ0v) is 36.1. The third kappa shape index (κ3) is 8.29. The SMILES string of the molecule is Cn1nc(NS(C)(=O)=O)c2c(Cl)ccc(-n3c([C@H](Cc4cc(F)cc(F)c4)NC(=O)Cn4nc(C(F)(F)F)c5c4C(F)(F)[C@@H]4C[C@H]54)nc4cc(-c5ccn(CC(F)(F)C(F)F)n5)ccc4c3=O)c21. The van der Waals surface area contributed by atoms with Crippen molar-refractivity contribution >= 4 is 55.2 Å². The van der Waals surface area contributed by atoms with Crippen molar-refractivity contribution in [3.63, 3.8) is 0 Å². The van der Waals surface area contributed by atoms with Crippen LogP contribution in [-0.4, -0.2) is 71.8 Å². The lowest BCUT2D eigenvalue weighted by Gasteiger charge is -2.24. The Labute approximate surface area is 379 Å². The second-order valence-electron chi connectivity index (χ2n) is 16.4. The average Bonchev–Trinajstić information content (AvgIpc) is 3.43. The molecule has 7 aromatic rings. The van der Waals surface area contributed by atoms with Gasteiger partial charge in [-0.2, -0.15) is 46.0 Å². The molecule has 0 spiro atoms. The van der Waals surface area contributed by atoms with Gasteiger partial charge in [0, 0.05) is 42.8 Å². The molecule has 68 heavy (non-hydrogen) atoms. The summed E-state index contributed by atoms with van der Waals surface area (Å²) in [6, 6.07) is 7.99. The first-order chi connectivity index (χ1) is 31.7. The van der Waals surface area contributed by atoms with Crippen LogP contribution in [0.25, 0.3) is 38.8 Å². The number of hydrogen-bond donors (Lipinski definition) is 2. The van der Waals surface area contributed by atoms with E-state index in [9.17, 15) is 52.7 Å². The van der Waals surface area contributed by atoms with Crippen LogP contribution in [0.15, 0.2) is 65.6 Å². The van der Waals surface area contributed by atoms with Crippen LogP contribution >= 0.6 is 11.6 Å². The summed E-state index contributed by atoms with van der Waals surface area (Å²) in [5.74, 6) is -15.1. The van der Waals surface area contributed by atoms with Gasteiger partial charge in [-0.1, -0.05) is 17.7 Å². The van der Waals surface area contributed by atoms with Gasteiger partial charge in [0.15, 0.2) is 11.5 Å². The van der Waals surface area contributed by atoms with Gasteiger partial charge in [-0.05, 0) is 60.4 Å². The molecule has 2 aliphatic rings. The lowest BCUT2D eigenvalue weighted by atomic mass is 10.0. The highest BCUT2D eigenvalue weighted by molar-refractivity contribution is 7.92. The maximum absolute atomic E-state index is 15.5. The van der Waals surface area contributed by atoms with E-state index in [0.29, 0.717) is 10.7 Å². The zero-order chi connectivity index (χ0) is 49.2. The van der Waals surface area contributed by atoms with E-state index in [1.54, 1.807) is 0 Å². The van der Waals surface area contributed by atoms with Gasteiger partial charge in [0.25, 0.3) is 11.5 Å². The summed E-state index contributed by atoms with van der Waals surface area (Å²) >= 11 is 6.58. The quantitative estimate of drug-likeness (QED) is 0.110. The summed E-state index contributed by atoms with van der Waals surface area (Å²) in [4.78, 5) is 33.8.